The SMILES string of the molecule is CC(C)(C)S(=O)NC1(c2ccccc2C(F)(F)F)COC1. The summed E-state index contributed by atoms with van der Waals surface area (Å²) in [5, 5.41) is 0. The fraction of sp³-hybridized carbons (Fsp3) is 0.571. The molecule has 3 nitrogen and oxygen atoms in total. The minimum absolute atomic E-state index is 0.0713. The van der Waals surface area contributed by atoms with Gasteiger partial charge in [-0.2, -0.15) is 13.2 Å². The maximum absolute atomic E-state index is 13.2. The predicted octanol–water partition coefficient (Wildman–Crippen LogP) is 2.98. The molecule has 0 aliphatic carbocycles. The third-order valence-electron chi connectivity index (χ3n) is 3.29. The van der Waals surface area contributed by atoms with Crippen LogP contribution in [0, 0.1) is 0 Å². The fourth-order valence-corrected chi connectivity index (χ4v) is 2.94. The number of benzene rings is 1. The first-order valence-corrected chi connectivity index (χ1v) is 7.65. The standard InChI is InChI=1S/C14H18F3NO2S/c1-12(2,3)21(19)18-13(8-20-9-13)10-6-4-5-7-11(10)14(15,16)17/h4-7,18H,8-9H2,1-3H3. The Hall–Kier alpha value is -0.920. The van der Waals surface area contributed by atoms with Gasteiger partial charge in [-0.05, 0) is 32.4 Å². The van der Waals surface area contributed by atoms with E-state index in [4.69, 9.17) is 4.74 Å². The van der Waals surface area contributed by atoms with Crippen molar-refractivity contribution in [1.29, 1.82) is 0 Å². The smallest absolute Gasteiger partial charge is 0.377 e. The van der Waals surface area contributed by atoms with Crippen LogP contribution in [-0.2, 0) is 27.4 Å². The zero-order valence-corrected chi connectivity index (χ0v) is 12.9. The average molecular weight is 321 g/mol. The van der Waals surface area contributed by atoms with E-state index in [1.807, 2.05) is 0 Å². The molecule has 0 amide bonds. The maximum atomic E-state index is 13.2. The van der Waals surface area contributed by atoms with E-state index < -0.39 is 33.0 Å². The maximum Gasteiger partial charge on any atom is 0.416 e. The van der Waals surface area contributed by atoms with Gasteiger partial charge in [0.05, 0.1) is 34.5 Å². The summed E-state index contributed by atoms with van der Waals surface area (Å²) in [5.41, 5.74) is -1.68. The van der Waals surface area contributed by atoms with Crippen LogP contribution in [0.4, 0.5) is 13.2 Å². The number of halogens is 3. The lowest BCUT2D eigenvalue weighted by Crippen LogP contribution is -2.60. The van der Waals surface area contributed by atoms with Crippen molar-refractivity contribution in [3.8, 4) is 0 Å². The van der Waals surface area contributed by atoms with Crippen molar-refractivity contribution < 1.29 is 22.1 Å². The van der Waals surface area contributed by atoms with Crippen LogP contribution in [0.2, 0.25) is 0 Å². The highest BCUT2D eigenvalue weighted by Gasteiger charge is 2.48. The Morgan fingerprint density at radius 3 is 2.19 bits per heavy atom. The van der Waals surface area contributed by atoms with Gasteiger partial charge in [-0.1, -0.05) is 18.2 Å². The lowest BCUT2D eigenvalue weighted by atomic mass is 9.85. The van der Waals surface area contributed by atoms with E-state index >= 15 is 0 Å². The molecule has 0 bridgehead atoms. The second-order valence-corrected chi connectivity index (χ2v) is 8.07. The predicted molar refractivity (Wildman–Crippen MR) is 75.0 cm³/mol. The third-order valence-corrected chi connectivity index (χ3v) is 4.98. The van der Waals surface area contributed by atoms with Crippen LogP contribution in [0.1, 0.15) is 31.9 Å². The quantitative estimate of drug-likeness (QED) is 0.929. The van der Waals surface area contributed by atoms with Crippen LogP contribution in [0.3, 0.4) is 0 Å². The first kappa shape index (κ1) is 16.5. The van der Waals surface area contributed by atoms with Gasteiger partial charge in [0.2, 0.25) is 0 Å². The Balaban J connectivity index is 2.41. The van der Waals surface area contributed by atoms with E-state index in [-0.39, 0.29) is 18.8 Å². The second-order valence-electron chi connectivity index (χ2n) is 6.10. The summed E-state index contributed by atoms with van der Waals surface area (Å²) in [6, 6.07) is 5.35. The molecule has 0 spiro atoms. The van der Waals surface area contributed by atoms with Gasteiger partial charge >= 0.3 is 6.18 Å². The monoisotopic (exact) mass is 321 g/mol. The van der Waals surface area contributed by atoms with Crippen LogP contribution in [0.15, 0.2) is 24.3 Å². The van der Waals surface area contributed by atoms with E-state index in [1.54, 1.807) is 26.8 Å². The van der Waals surface area contributed by atoms with Gasteiger partial charge < -0.3 is 4.74 Å². The van der Waals surface area contributed by atoms with Crippen LogP contribution in [0.5, 0.6) is 0 Å². The normalized spacial score (nSPS) is 19.9. The van der Waals surface area contributed by atoms with Crippen molar-refractivity contribution in [1.82, 2.24) is 4.72 Å². The van der Waals surface area contributed by atoms with E-state index in [0.717, 1.165) is 6.07 Å². The lowest BCUT2D eigenvalue weighted by Gasteiger charge is -2.44. The average Bonchev–Trinajstić information content (AvgIpc) is 2.31. The van der Waals surface area contributed by atoms with Crippen molar-refractivity contribution in [2.24, 2.45) is 0 Å². The van der Waals surface area contributed by atoms with Gasteiger partial charge in [0.25, 0.3) is 0 Å². The highest BCUT2D eigenvalue weighted by atomic mass is 32.2. The van der Waals surface area contributed by atoms with Crippen LogP contribution in [0.25, 0.3) is 0 Å². The number of hydrogen-bond acceptors (Lipinski definition) is 2. The van der Waals surface area contributed by atoms with E-state index in [2.05, 4.69) is 4.72 Å². The van der Waals surface area contributed by atoms with Crippen molar-refractivity contribution in [2.45, 2.75) is 37.2 Å². The van der Waals surface area contributed by atoms with Crippen LogP contribution >= 0.6 is 0 Å². The summed E-state index contributed by atoms with van der Waals surface area (Å²) in [7, 11) is -1.49. The van der Waals surface area contributed by atoms with Crippen molar-refractivity contribution in [3.05, 3.63) is 35.4 Å². The van der Waals surface area contributed by atoms with Gasteiger partial charge in [-0.15, -0.1) is 0 Å². The Morgan fingerprint density at radius 2 is 1.76 bits per heavy atom. The van der Waals surface area contributed by atoms with Crippen molar-refractivity contribution in [3.63, 3.8) is 0 Å². The van der Waals surface area contributed by atoms with Crippen molar-refractivity contribution in [2.75, 3.05) is 13.2 Å². The highest BCUT2D eigenvalue weighted by Crippen LogP contribution is 2.40. The zero-order chi connectivity index (χ0) is 15.9. The molecule has 1 fully saturated rings. The summed E-state index contributed by atoms with van der Waals surface area (Å²) in [6.45, 7) is 5.43. The molecule has 1 aromatic carbocycles. The molecule has 1 aliphatic heterocycles. The lowest BCUT2D eigenvalue weighted by molar-refractivity contribution is -0.142. The molecule has 1 N–H and O–H groups in total. The molecule has 0 radical (unpaired) electrons. The Kier molecular flexibility index (Phi) is 4.21. The van der Waals surface area contributed by atoms with Crippen LogP contribution in [-0.4, -0.2) is 22.2 Å². The summed E-state index contributed by atoms with van der Waals surface area (Å²) in [6.07, 6.45) is -4.45. The molecule has 0 aromatic heterocycles. The topological polar surface area (TPSA) is 38.3 Å². The fourth-order valence-electron chi connectivity index (χ4n) is 2.05. The summed E-state index contributed by atoms with van der Waals surface area (Å²) < 4.78 is 59.2. The summed E-state index contributed by atoms with van der Waals surface area (Å²) >= 11 is 0. The molecule has 1 aromatic rings. The molecule has 0 saturated carbocycles. The second kappa shape index (κ2) is 5.37. The van der Waals surface area contributed by atoms with Gasteiger partial charge in [-0.25, -0.2) is 8.93 Å². The molecule has 1 saturated heterocycles. The summed E-state index contributed by atoms with van der Waals surface area (Å²) in [4.78, 5) is 0. The summed E-state index contributed by atoms with van der Waals surface area (Å²) in [5.74, 6) is 0. The number of ether oxygens (including phenoxy) is 1. The van der Waals surface area contributed by atoms with Gasteiger partial charge in [0.15, 0.2) is 0 Å². The number of rotatable bonds is 3. The first-order valence-electron chi connectivity index (χ1n) is 6.50. The van der Waals surface area contributed by atoms with Gasteiger partial charge in [0, 0.05) is 0 Å². The highest BCUT2D eigenvalue weighted by molar-refractivity contribution is 7.84. The Labute approximate surface area is 124 Å². The van der Waals surface area contributed by atoms with Crippen molar-refractivity contribution >= 4 is 11.0 Å². The minimum Gasteiger partial charge on any atom is -0.377 e. The minimum atomic E-state index is -4.45. The zero-order valence-electron chi connectivity index (χ0n) is 12.1. The molecule has 1 unspecified atom stereocenters. The molecule has 1 heterocycles. The third kappa shape index (κ3) is 3.30. The molecule has 1 atom stereocenters. The Morgan fingerprint density at radius 1 is 1.19 bits per heavy atom. The first-order chi connectivity index (χ1) is 9.56. The molecule has 2 rings (SSSR count). The molecule has 7 heteroatoms. The van der Waals surface area contributed by atoms with Gasteiger partial charge in [-0.3, -0.25) is 0 Å². The van der Waals surface area contributed by atoms with E-state index in [9.17, 15) is 17.4 Å². The Bertz CT molecular complexity index is 548. The molecular formula is C14H18F3NO2S. The van der Waals surface area contributed by atoms with E-state index in [1.165, 1.54) is 12.1 Å². The largest absolute Gasteiger partial charge is 0.416 e. The number of hydrogen-bond donors (Lipinski definition) is 1. The molecule has 118 valence electrons. The number of alkyl halides is 3. The van der Waals surface area contributed by atoms with Gasteiger partial charge in [0.1, 0.15) is 5.54 Å². The van der Waals surface area contributed by atoms with Crippen LogP contribution < -0.4 is 4.72 Å². The molecule has 21 heavy (non-hydrogen) atoms. The molecule has 1 aliphatic rings. The number of nitrogens with one attached hydrogen (secondary N) is 1. The van der Waals surface area contributed by atoms with E-state index in [0.29, 0.717) is 0 Å². The molecular weight excluding hydrogens is 303 g/mol.